The monoisotopic (exact) mass is 299 g/mol. The summed E-state index contributed by atoms with van der Waals surface area (Å²) in [4.78, 5) is 11.4. The van der Waals surface area contributed by atoms with E-state index in [9.17, 15) is 0 Å². The van der Waals surface area contributed by atoms with Crippen LogP contribution in [0.15, 0.2) is 25.3 Å². The second-order valence-electron chi connectivity index (χ2n) is 5.31. The highest BCUT2D eigenvalue weighted by Crippen LogP contribution is 2.31. The van der Waals surface area contributed by atoms with E-state index in [1.807, 2.05) is 12.2 Å². The molecule has 0 saturated carbocycles. The zero-order valence-corrected chi connectivity index (χ0v) is 14.3. The normalized spacial score (nSPS) is 22.1. The summed E-state index contributed by atoms with van der Waals surface area (Å²) in [5.74, 6) is -0.833. The van der Waals surface area contributed by atoms with E-state index in [4.69, 9.17) is 14.6 Å². The highest BCUT2D eigenvalue weighted by atomic mass is 28.3. The maximum atomic E-state index is 9.00. The average Bonchev–Trinajstić information content (AvgIpc) is 2.38. The Kier molecular flexibility index (Phi) is 9.46. The molecule has 116 valence electrons. The minimum atomic E-state index is -0.901. The first-order valence-electron chi connectivity index (χ1n) is 7.21. The van der Waals surface area contributed by atoms with Crippen LogP contribution in [0.25, 0.3) is 0 Å². The van der Waals surface area contributed by atoms with E-state index in [-0.39, 0.29) is 5.35 Å². The lowest BCUT2D eigenvalue weighted by molar-refractivity contribution is -0.134. The summed E-state index contributed by atoms with van der Waals surface area (Å²) in [5, 5.41) is 7.45. The molecule has 0 radical (unpaired) electrons. The lowest BCUT2D eigenvalue weighted by Crippen LogP contribution is -2.60. The molecule has 0 bridgehead atoms. The van der Waals surface area contributed by atoms with Crippen LogP contribution in [0.4, 0.5) is 0 Å². The van der Waals surface area contributed by atoms with Gasteiger partial charge in [-0.15, -0.1) is 13.2 Å². The summed E-state index contributed by atoms with van der Waals surface area (Å²) in [6, 6.07) is 0. The van der Waals surface area contributed by atoms with E-state index in [0.717, 1.165) is 26.6 Å². The molecule has 1 unspecified atom stereocenters. The quantitative estimate of drug-likeness (QED) is 0.605. The van der Waals surface area contributed by atoms with Gasteiger partial charge in [0.15, 0.2) is 0 Å². The van der Waals surface area contributed by atoms with Crippen molar-refractivity contribution < 1.29 is 14.6 Å². The van der Waals surface area contributed by atoms with Gasteiger partial charge in [0.25, 0.3) is 5.97 Å². The predicted octanol–water partition coefficient (Wildman–Crippen LogP) is 2.67. The third-order valence-electron chi connectivity index (χ3n) is 3.42. The molecule has 1 fully saturated rings. The van der Waals surface area contributed by atoms with E-state index in [0.29, 0.717) is 0 Å². The molecule has 1 aliphatic rings. The Bertz CT molecular complexity index is 298. The van der Waals surface area contributed by atoms with E-state index in [2.05, 4.69) is 31.2 Å². The Hall–Kier alpha value is -0.913. The van der Waals surface area contributed by atoms with Crippen LogP contribution >= 0.6 is 0 Å². The van der Waals surface area contributed by atoms with Crippen LogP contribution in [0, 0.1) is 0 Å². The van der Waals surface area contributed by atoms with E-state index in [1.54, 1.807) is 0 Å². The van der Waals surface area contributed by atoms with E-state index in [1.165, 1.54) is 19.3 Å². The molecule has 0 amide bonds. The molecule has 0 aliphatic carbocycles. The van der Waals surface area contributed by atoms with Gasteiger partial charge in [-0.1, -0.05) is 25.2 Å². The largest absolute Gasteiger partial charge is 0.481 e. The lowest BCUT2D eigenvalue weighted by atomic mass is 10.1. The summed E-state index contributed by atoms with van der Waals surface area (Å²) in [6.45, 7) is 16.3. The molecule has 0 aromatic carbocycles. The van der Waals surface area contributed by atoms with Crippen LogP contribution in [0.2, 0.25) is 13.1 Å². The maximum absolute atomic E-state index is 9.00. The molecule has 4 nitrogen and oxygen atoms in total. The maximum Gasteiger partial charge on any atom is 0.300 e. The first kappa shape index (κ1) is 19.1. The number of rotatable bonds is 6. The second kappa shape index (κ2) is 9.91. The van der Waals surface area contributed by atoms with Gasteiger partial charge in [0, 0.05) is 26.6 Å². The van der Waals surface area contributed by atoms with Crippen molar-refractivity contribution in [2.75, 3.05) is 19.7 Å². The first-order chi connectivity index (χ1) is 9.40. The van der Waals surface area contributed by atoms with Gasteiger partial charge in [-0.05, 0) is 19.3 Å². The third kappa shape index (κ3) is 6.03. The van der Waals surface area contributed by atoms with Crippen molar-refractivity contribution in [3.8, 4) is 0 Å². The molecule has 0 aromatic rings. The first-order valence-corrected chi connectivity index (χ1v) is 10.1. The Morgan fingerprint density at radius 2 is 1.85 bits per heavy atom. The number of hydrogen-bond acceptors (Lipinski definition) is 3. The van der Waals surface area contributed by atoms with Crippen molar-refractivity contribution in [1.82, 2.24) is 4.90 Å². The number of ether oxygens (including phenoxy) is 1. The number of carboxylic acid groups (broad SMARTS) is 1. The Morgan fingerprint density at radius 3 is 2.15 bits per heavy atom. The standard InChI is InChI=1S/C13H25NOSi.C2H4O2/c1-5-10-14(11-6-2)13(16(3)4)9-7-8-12-15-13;1-2(3)4/h5-6,16H,1-2,7-12H2,3-4H3;1H3,(H,3,4). The van der Waals surface area contributed by atoms with Crippen molar-refractivity contribution in [2.24, 2.45) is 0 Å². The van der Waals surface area contributed by atoms with Gasteiger partial charge in [-0.3, -0.25) is 9.69 Å². The SMILES string of the molecule is C=CCN(CC=C)C1([SiH](C)C)CCCCO1.CC(=O)O. The average molecular weight is 299 g/mol. The van der Waals surface area contributed by atoms with Crippen molar-refractivity contribution in [2.45, 2.75) is 44.6 Å². The van der Waals surface area contributed by atoms with Gasteiger partial charge < -0.3 is 9.84 Å². The zero-order chi connectivity index (χ0) is 15.6. The second-order valence-corrected chi connectivity index (χ2v) is 8.52. The zero-order valence-electron chi connectivity index (χ0n) is 13.1. The molecule has 1 rings (SSSR count). The summed E-state index contributed by atoms with van der Waals surface area (Å²) < 4.78 is 6.19. The smallest absolute Gasteiger partial charge is 0.300 e. The number of carboxylic acids is 1. The van der Waals surface area contributed by atoms with Gasteiger partial charge in [0.05, 0.1) is 8.80 Å². The van der Waals surface area contributed by atoms with Crippen LogP contribution in [-0.2, 0) is 9.53 Å². The van der Waals surface area contributed by atoms with Crippen LogP contribution in [-0.4, -0.2) is 49.8 Å². The molecular weight excluding hydrogens is 270 g/mol. The number of aliphatic carboxylic acids is 1. The number of carbonyl (C=O) groups is 1. The van der Waals surface area contributed by atoms with Crippen LogP contribution < -0.4 is 0 Å². The van der Waals surface area contributed by atoms with Crippen molar-refractivity contribution in [3.63, 3.8) is 0 Å². The highest BCUT2D eigenvalue weighted by molar-refractivity contribution is 6.59. The molecule has 20 heavy (non-hydrogen) atoms. The van der Waals surface area contributed by atoms with Gasteiger partial charge >= 0.3 is 0 Å². The lowest BCUT2D eigenvalue weighted by Gasteiger charge is -2.48. The molecule has 1 heterocycles. The van der Waals surface area contributed by atoms with Crippen molar-refractivity contribution >= 4 is 14.8 Å². The Balaban J connectivity index is 0.000000796. The summed E-state index contributed by atoms with van der Waals surface area (Å²) >= 11 is 0. The minimum Gasteiger partial charge on any atom is -0.481 e. The predicted molar refractivity (Wildman–Crippen MR) is 86.7 cm³/mol. The van der Waals surface area contributed by atoms with Gasteiger partial charge in [0.1, 0.15) is 5.35 Å². The molecule has 5 heteroatoms. The number of nitrogens with zero attached hydrogens (tertiary/aromatic N) is 1. The molecule has 1 saturated heterocycles. The van der Waals surface area contributed by atoms with E-state index >= 15 is 0 Å². The number of hydrogen-bond donors (Lipinski definition) is 1. The third-order valence-corrected chi connectivity index (χ3v) is 6.04. The van der Waals surface area contributed by atoms with Crippen molar-refractivity contribution in [3.05, 3.63) is 25.3 Å². The minimum absolute atomic E-state index is 0.0284. The van der Waals surface area contributed by atoms with Gasteiger partial charge in [0.2, 0.25) is 0 Å². The Morgan fingerprint density at radius 1 is 1.35 bits per heavy atom. The molecular formula is C15H29NO3Si. The topological polar surface area (TPSA) is 49.8 Å². The summed E-state index contributed by atoms with van der Waals surface area (Å²) in [5.41, 5.74) is 0. The Labute approximate surface area is 124 Å². The fourth-order valence-corrected chi connectivity index (χ4v) is 4.74. The van der Waals surface area contributed by atoms with Crippen LogP contribution in [0.5, 0.6) is 0 Å². The molecule has 0 aromatic heterocycles. The van der Waals surface area contributed by atoms with Crippen molar-refractivity contribution in [1.29, 1.82) is 0 Å². The fourth-order valence-electron chi connectivity index (χ4n) is 2.57. The van der Waals surface area contributed by atoms with E-state index < -0.39 is 14.8 Å². The fraction of sp³-hybridized carbons (Fsp3) is 0.667. The highest BCUT2D eigenvalue weighted by Gasteiger charge is 2.41. The summed E-state index contributed by atoms with van der Waals surface area (Å²) in [7, 11) is -0.901. The van der Waals surface area contributed by atoms with Crippen LogP contribution in [0.3, 0.4) is 0 Å². The molecule has 1 atom stereocenters. The molecule has 0 spiro atoms. The molecule has 1 aliphatic heterocycles. The van der Waals surface area contributed by atoms with Gasteiger partial charge in [-0.2, -0.15) is 0 Å². The van der Waals surface area contributed by atoms with Crippen LogP contribution in [0.1, 0.15) is 26.2 Å². The van der Waals surface area contributed by atoms with Gasteiger partial charge in [-0.25, -0.2) is 0 Å². The summed E-state index contributed by atoms with van der Waals surface area (Å²) in [6.07, 6.45) is 7.62. The molecule has 1 N–H and O–H groups in total.